The molecule has 7 nitrogen and oxygen atoms in total. The minimum absolute atomic E-state index is 0.00113. The lowest BCUT2D eigenvalue weighted by Crippen LogP contribution is -2.16. The number of phenolic OH excluding ortho intramolecular Hbond substituents is 1. The summed E-state index contributed by atoms with van der Waals surface area (Å²) < 4.78 is 16.1. The van der Waals surface area contributed by atoms with Crippen LogP contribution in [0.5, 0.6) is 23.0 Å². The first-order valence-electron chi connectivity index (χ1n) is 13.3. The van der Waals surface area contributed by atoms with E-state index < -0.39 is 17.7 Å². The van der Waals surface area contributed by atoms with Gasteiger partial charge in [-0.25, -0.2) is 0 Å². The van der Waals surface area contributed by atoms with Gasteiger partial charge < -0.3 is 24.4 Å². The number of aliphatic hydroxyl groups is 1. The van der Waals surface area contributed by atoms with Gasteiger partial charge in [-0.1, -0.05) is 62.4 Å². The molecule has 214 valence electrons. The highest BCUT2D eigenvalue weighted by Gasteiger charge is 2.19. The number of aromatic hydroxyl groups is 1. The van der Waals surface area contributed by atoms with Gasteiger partial charge in [0.2, 0.25) is 0 Å². The van der Waals surface area contributed by atoms with Crippen molar-refractivity contribution >= 4 is 23.9 Å². The van der Waals surface area contributed by atoms with E-state index in [2.05, 4.69) is 13.8 Å². The highest BCUT2D eigenvalue weighted by atomic mass is 16.6. The molecule has 0 saturated heterocycles. The van der Waals surface area contributed by atoms with Crippen LogP contribution in [0.4, 0.5) is 0 Å². The summed E-state index contributed by atoms with van der Waals surface area (Å²) in [6.45, 7) is 6.14. The number of esters is 1. The summed E-state index contributed by atoms with van der Waals surface area (Å²) in [5, 5.41) is 19.9. The first-order valence-corrected chi connectivity index (χ1v) is 13.3. The Bertz CT molecular complexity index is 1450. The Morgan fingerprint density at radius 3 is 2.05 bits per heavy atom. The molecule has 3 aromatic carbocycles. The molecule has 0 aliphatic carbocycles. The Morgan fingerprint density at radius 1 is 0.805 bits per heavy atom. The first-order chi connectivity index (χ1) is 19.6. The van der Waals surface area contributed by atoms with E-state index in [9.17, 15) is 19.8 Å². The van der Waals surface area contributed by atoms with Crippen molar-refractivity contribution in [2.24, 2.45) is 5.92 Å². The molecule has 41 heavy (non-hydrogen) atoms. The van der Waals surface area contributed by atoms with E-state index in [4.69, 9.17) is 14.2 Å². The summed E-state index contributed by atoms with van der Waals surface area (Å²) in [7, 11) is 2.91. The molecule has 0 heterocycles. The maximum Gasteiger partial charge on any atom is 0.318 e. The van der Waals surface area contributed by atoms with Crippen LogP contribution in [0.25, 0.3) is 12.2 Å². The molecular weight excluding hydrogens is 520 g/mol. The van der Waals surface area contributed by atoms with Crippen molar-refractivity contribution in [3.05, 3.63) is 107 Å². The van der Waals surface area contributed by atoms with Gasteiger partial charge in [0.15, 0.2) is 28.8 Å². The third kappa shape index (κ3) is 9.14. The number of hydrogen-bond donors (Lipinski definition) is 2. The lowest BCUT2D eigenvalue weighted by atomic mass is 9.97. The molecule has 3 rings (SSSR count). The molecule has 1 unspecified atom stereocenters. The monoisotopic (exact) mass is 556 g/mol. The average molecular weight is 557 g/mol. The van der Waals surface area contributed by atoms with Gasteiger partial charge in [0.05, 0.1) is 20.1 Å². The Hall–Kier alpha value is -4.78. The number of phenols is 1. The third-order valence-corrected chi connectivity index (χ3v) is 6.26. The van der Waals surface area contributed by atoms with Crippen LogP contribution in [0.15, 0.2) is 84.7 Å². The first kappa shape index (κ1) is 30.8. The van der Waals surface area contributed by atoms with Crippen molar-refractivity contribution in [2.75, 3.05) is 14.2 Å². The zero-order valence-corrected chi connectivity index (χ0v) is 24.0. The maximum atomic E-state index is 12.9. The number of carbonyl (C=O) groups is 2. The number of aliphatic hydroxyl groups excluding tert-OH is 1. The van der Waals surface area contributed by atoms with Gasteiger partial charge in [-0.2, -0.15) is 0 Å². The number of ketones is 1. The van der Waals surface area contributed by atoms with Crippen LogP contribution >= 0.6 is 0 Å². The van der Waals surface area contributed by atoms with Gasteiger partial charge in [0.25, 0.3) is 0 Å². The van der Waals surface area contributed by atoms with E-state index in [1.54, 1.807) is 49.4 Å². The Morgan fingerprint density at radius 2 is 1.41 bits per heavy atom. The van der Waals surface area contributed by atoms with E-state index in [1.165, 1.54) is 38.0 Å². The summed E-state index contributed by atoms with van der Waals surface area (Å²) in [6.07, 6.45) is 7.88. The molecule has 0 aliphatic rings. The van der Waals surface area contributed by atoms with Crippen LogP contribution in [-0.4, -0.2) is 36.2 Å². The quantitative estimate of drug-likeness (QED) is 0.0810. The number of benzene rings is 3. The van der Waals surface area contributed by atoms with Crippen LogP contribution in [0.2, 0.25) is 0 Å². The largest absolute Gasteiger partial charge is 0.508 e. The van der Waals surface area contributed by atoms with Gasteiger partial charge in [-0.3, -0.25) is 9.59 Å². The minimum Gasteiger partial charge on any atom is -0.508 e. The molecule has 0 fully saturated rings. The van der Waals surface area contributed by atoms with E-state index in [0.717, 1.165) is 18.1 Å². The standard InChI is InChI=1S/C34H36O7/c1-22(2)18-24-6-12-27(13-7-24)23(3)34(38)41-31-17-11-26(20-33(31)40-5)9-15-29(36)21-28(35)14-8-25-10-16-30(37)32(19-25)39-4/h6-17,19-23,36-37H,18H2,1-5H3/b14-8+,15-9+,29-21?. The number of carbonyl (C=O) groups excluding carboxylic acids is 2. The maximum absolute atomic E-state index is 12.9. The third-order valence-electron chi connectivity index (χ3n) is 6.26. The van der Waals surface area contributed by atoms with Crippen molar-refractivity contribution in [3.63, 3.8) is 0 Å². The van der Waals surface area contributed by atoms with Gasteiger partial charge in [-0.15, -0.1) is 0 Å². The van der Waals surface area contributed by atoms with Crippen LogP contribution in [0.3, 0.4) is 0 Å². The van der Waals surface area contributed by atoms with E-state index >= 15 is 0 Å². The molecule has 0 amide bonds. The van der Waals surface area contributed by atoms with Crippen LogP contribution in [0, 0.1) is 5.92 Å². The molecule has 0 spiro atoms. The summed E-state index contributed by atoms with van der Waals surface area (Å²) >= 11 is 0. The molecule has 0 saturated carbocycles. The Balaban J connectivity index is 1.63. The lowest BCUT2D eigenvalue weighted by Gasteiger charge is -2.15. The molecule has 0 aromatic heterocycles. The number of rotatable bonds is 12. The van der Waals surface area contributed by atoms with E-state index in [0.29, 0.717) is 28.5 Å². The van der Waals surface area contributed by atoms with E-state index in [1.807, 2.05) is 24.3 Å². The van der Waals surface area contributed by atoms with Crippen molar-refractivity contribution in [3.8, 4) is 23.0 Å². The number of ether oxygens (including phenoxy) is 3. The smallest absolute Gasteiger partial charge is 0.318 e. The molecule has 0 aliphatic heterocycles. The molecule has 3 aromatic rings. The highest BCUT2D eigenvalue weighted by molar-refractivity contribution is 6.02. The van der Waals surface area contributed by atoms with Gasteiger partial charge in [0.1, 0.15) is 5.76 Å². The summed E-state index contributed by atoms with van der Waals surface area (Å²) in [4.78, 5) is 25.1. The van der Waals surface area contributed by atoms with Gasteiger partial charge in [0, 0.05) is 6.08 Å². The molecule has 2 N–H and O–H groups in total. The van der Waals surface area contributed by atoms with Crippen LogP contribution in [0.1, 0.15) is 48.9 Å². The SMILES string of the molecule is COc1cc(/C=C/C(=O)C=C(O)/C=C/c2ccc(OC(=O)C(C)c3ccc(CC(C)C)cc3)c(OC)c2)ccc1O. The zero-order valence-electron chi connectivity index (χ0n) is 24.0. The molecule has 1 atom stereocenters. The fraction of sp³-hybridized carbons (Fsp3) is 0.235. The van der Waals surface area contributed by atoms with E-state index in [-0.39, 0.29) is 17.3 Å². The van der Waals surface area contributed by atoms with Crippen molar-refractivity contribution in [1.29, 1.82) is 0 Å². The fourth-order valence-electron chi connectivity index (χ4n) is 4.02. The highest BCUT2D eigenvalue weighted by Crippen LogP contribution is 2.31. The zero-order chi connectivity index (χ0) is 29.9. The molecule has 0 radical (unpaired) electrons. The molecular formula is C34H36O7. The van der Waals surface area contributed by atoms with Crippen molar-refractivity contribution < 1.29 is 34.0 Å². The molecule has 7 heteroatoms. The fourth-order valence-corrected chi connectivity index (χ4v) is 4.02. The van der Waals surface area contributed by atoms with Crippen molar-refractivity contribution in [1.82, 2.24) is 0 Å². The second-order valence-corrected chi connectivity index (χ2v) is 9.96. The summed E-state index contributed by atoms with van der Waals surface area (Å²) in [5.74, 6) is -0.0550. The second kappa shape index (κ2) is 14.6. The summed E-state index contributed by atoms with van der Waals surface area (Å²) in [6, 6.07) is 17.7. The van der Waals surface area contributed by atoms with Crippen LogP contribution in [-0.2, 0) is 16.0 Å². The number of allylic oxidation sites excluding steroid dienone is 3. The van der Waals surface area contributed by atoms with Crippen LogP contribution < -0.4 is 14.2 Å². The van der Waals surface area contributed by atoms with Gasteiger partial charge >= 0.3 is 5.97 Å². The second-order valence-electron chi connectivity index (χ2n) is 9.96. The number of hydrogen-bond acceptors (Lipinski definition) is 7. The summed E-state index contributed by atoms with van der Waals surface area (Å²) in [5.41, 5.74) is 3.41. The topological polar surface area (TPSA) is 102 Å². The average Bonchev–Trinajstić information content (AvgIpc) is 2.95. The molecule has 0 bridgehead atoms. The predicted octanol–water partition coefficient (Wildman–Crippen LogP) is 7.05. The Labute approximate surface area is 241 Å². The minimum atomic E-state index is -0.461. The Kier molecular flexibility index (Phi) is 10.9. The normalized spacial score (nSPS) is 12.6. The van der Waals surface area contributed by atoms with Gasteiger partial charge in [-0.05, 0) is 77.9 Å². The predicted molar refractivity (Wildman–Crippen MR) is 160 cm³/mol. The van der Waals surface area contributed by atoms with Crippen molar-refractivity contribution in [2.45, 2.75) is 33.1 Å². The number of methoxy groups -OCH3 is 2. The lowest BCUT2D eigenvalue weighted by molar-refractivity contribution is -0.135.